The molecule has 0 amide bonds. The molecule has 0 bridgehead atoms. The van der Waals surface area contributed by atoms with Crippen LogP contribution in [-0.4, -0.2) is 38.3 Å². The number of aryl methyl sites for hydroxylation is 1. The lowest BCUT2D eigenvalue weighted by atomic mass is 10.1. The molecule has 0 atom stereocenters. The molecule has 1 aliphatic rings. The van der Waals surface area contributed by atoms with Gasteiger partial charge in [0.15, 0.2) is 11.5 Å². The molecule has 32 heavy (non-hydrogen) atoms. The van der Waals surface area contributed by atoms with Gasteiger partial charge in [0.2, 0.25) is 0 Å². The van der Waals surface area contributed by atoms with E-state index in [4.69, 9.17) is 14.2 Å². The van der Waals surface area contributed by atoms with Crippen molar-refractivity contribution >= 4 is 11.6 Å². The highest BCUT2D eigenvalue weighted by atomic mass is 16.5. The van der Waals surface area contributed by atoms with E-state index in [9.17, 15) is 9.59 Å². The Hall–Kier alpha value is -4.14. The zero-order valence-corrected chi connectivity index (χ0v) is 17.4. The fraction of sp³-hybridized carbons (Fsp3) is 0.217. The summed E-state index contributed by atoms with van der Waals surface area (Å²) in [5.41, 5.74) is 2.11. The first-order chi connectivity index (χ1) is 15.6. The number of rotatable bonds is 4. The van der Waals surface area contributed by atoms with Crippen molar-refractivity contribution in [2.24, 2.45) is 7.05 Å². The van der Waals surface area contributed by atoms with E-state index < -0.39 is 5.97 Å². The maximum Gasteiger partial charge on any atom is 0.342 e. The molecule has 1 aromatic carbocycles. The van der Waals surface area contributed by atoms with E-state index in [0.29, 0.717) is 52.9 Å². The number of aromatic nitrogens is 4. The lowest BCUT2D eigenvalue weighted by Gasteiger charge is -2.09. The Morgan fingerprint density at radius 1 is 1.12 bits per heavy atom. The summed E-state index contributed by atoms with van der Waals surface area (Å²) in [7, 11) is 1.73. The predicted octanol–water partition coefficient (Wildman–Crippen LogP) is 2.61. The molecule has 0 N–H and O–H groups in total. The second-order valence-electron chi connectivity index (χ2n) is 7.37. The van der Waals surface area contributed by atoms with Gasteiger partial charge in [-0.05, 0) is 30.3 Å². The summed E-state index contributed by atoms with van der Waals surface area (Å²) in [5, 5.41) is 4.43. The number of carbonyl (C=O) groups is 1. The molecule has 4 aromatic rings. The summed E-state index contributed by atoms with van der Waals surface area (Å²) in [6.07, 6.45) is 4.04. The van der Waals surface area contributed by atoms with Crippen LogP contribution < -0.4 is 15.0 Å². The smallest absolute Gasteiger partial charge is 0.342 e. The highest BCUT2D eigenvalue weighted by Crippen LogP contribution is 2.35. The second-order valence-corrected chi connectivity index (χ2v) is 7.37. The Morgan fingerprint density at radius 2 is 1.97 bits per heavy atom. The highest BCUT2D eigenvalue weighted by molar-refractivity contribution is 5.96. The molecule has 1 aliphatic heterocycles. The standard InChI is InChI=1S/C23H20N4O5/c1-26-13-17(22(25-26)15-6-7-18-19(11-15)31-10-4-9-30-18)23(29)32-14-16-12-21(28)27-8-3-2-5-20(27)24-16/h2-3,5-8,11-13H,4,9-10,14H2,1H3. The van der Waals surface area contributed by atoms with Gasteiger partial charge in [-0.1, -0.05) is 6.07 Å². The number of nitrogens with zero attached hydrogens (tertiary/aromatic N) is 4. The summed E-state index contributed by atoms with van der Waals surface area (Å²) < 4.78 is 19.9. The topological polar surface area (TPSA) is 97.0 Å². The van der Waals surface area contributed by atoms with Crippen LogP contribution in [0.5, 0.6) is 11.5 Å². The van der Waals surface area contributed by atoms with Crippen LogP contribution in [-0.2, 0) is 18.4 Å². The minimum atomic E-state index is -0.560. The second kappa shape index (κ2) is 8.18. The number of ether oxygens (including phenoxy) is 3. The number of fused-ring (bicyclic) bond motifs is 2. The molecule has 162 valence electrons. The molecule has 0 spiro atoms. The molecule has 0 fully saturated rings. The van der Waals surface area contributed by atoms with Gasteiger partial charge in [0.05, 0.1) is 18.9 Å². The van der Waals surface area contributed by atoms with Crippen molar-refractivity contribution in [3.8, 4) is 22.8 Å². The number of carbonyl (C=O) groups excluding carboxylic acids is 1. The third-order valence-corrected chi connectivity index (χ3v) is 5.04. The van der Waals surface area contributed by atoms with Gasteiger partial charge in [0.25, 0.3) is 5.56 Å². The fourth-order valence-electron chi connectivity index (χ4n) is 3.56. The number of hydrogen-bond acceptors (Lipinski definition) is 7. The van der Waals surface area contributed by atoms with Crippen molar-refractivity contribution in [2.75, 3.05) is 13.2 Å². The third kappa shape index (κ3) is 3.80. The molecule has 9 heteroatoms. The SMILES string of the molecule is Cn1cc(C(=O)OCc2cc(=O)n3ccccc3n2)c(-c2ccc3c(c2)OCCCO3)n1. The number of pyridine rings is 1. The molecule has 0 saturated heterocycles. The summed E-state index contributed by atoms with van der Waals surface area (Å²) in [5.74, 6) is 0.723. The Kier molecular flexibility index (Phi) is 5.06. The molecule has 0 saturated carbocycles. The van der Waals surface area contributed by atoms with Crippen LogP contribution in [0.2, 0.25) is 0 Å². The van der Waals surface area contributed by atoms with Crippen LogP contribution in [0.1, 0.15) is 22.5 Å². The van der Waals surface area contributed by atoms with Crippen molar-refractivity contribution in [1.82, 2.24) is 19.2 Å². The van der Waals surface area contributed by atoms with Gasteiger partial charge in [-0.2, -0.15) is 5.10 Å². The van der Waals surface area contributed by atoms with Crippen LogP contribution >= 0.6 is 0 Å². The van der Waals surface area contributed by atoms with E-state index in [0.717, 1.165) is 6.42 Å². The van der Waals surface area contributed by atoms with Gasteiger partial charge in [-0.3, -0.25) is 13.9 Å². The minimum Gasteiger partial charge on any atom is -0.490 e. The Morgan fingerprint density at radius 3 is 2.84 bits per heavy atom. The molecular weight excluding hydrogens is 412 g/mol. The van der Waals surface area contributed by atoms with E-state index in [1.54, 1.807) is 42.3 Å². The molecule has 0 aliphatic carbocycles. The minimum absolute atomic E-state index is 0.130. The van der Waals surface area contributed by atoms with Crippen LogP contribution in [0.3, 0.4) is 0 Å². The van der Waals surface area contributed by atoms with Gasteiger partial charge in [-0.25, -0.2) is 9.78 Å². The largest absolute Gasteiger partial charge is 0.490 e. The highest BCUT2D eigenvalue weighted by Gasteiger charge is 2.21. The summed E-state index contributed by atoms with van der Waals surface area (Å²) in [4.78, 5) is 29.5. The predicted molar refractivity (Wildman–Crippen MR) is 115 cm³/mol. The van der Waals surface area contributed by atoms with E-state index in [2.05, 4.69) is 10.1 Å². The Bertz CT molecular complexity index is 1370. The summed E-state index contributed by atoms with van der Waals surface area (Å²) in [6, 6.07) is 12.1. The van der Waals surface area contributed by atoms with Crippen LogP contribution in [0.15, 0.2) is 59.7 Å². The maximum atomic E-state index is 12.9. The number of benzene rings is 1. The average Bonchev–Trinajstić information content (AvgIpc) is 3.04. The van der Waals surface area contributed by atoms with Gasteiger partial charge >= 0.3 is 5.97 Å². The monoisotopic (exact) mass is 432 g/mol. The van der Waals surface area contributed by atoms with Crippen LogP contribution in [0.4, 0.5) is 0 Å². The molecule has 9 nitrogen and oxygen atoms in total. The Labute approximate surface area is 182 Å². The zero-order chi connectivity index (χ0) is 22.1. The first kappa shape index (κ1) is 19.8. The quantitative estimate of drug-likeness (QED) is 0.457. The number of hydrogen-bond donors (Lipinski definition) is 0. The fourth-order valence-corrected chi connectivity index (χ4v) is 3.56. The summed E-state index contributed by atoms with van der Waals surface area (Å²) >= 11 is 0. The molecule has 5 rings (SSSR count). The molecule has 0 radical (unpaired) electrons. The zero-order valence-electron chi connectivity index (χ0n) is 17.4. The van der Waals surface area contributed by atoms with Crippen molar-refractivity contribution < 1.29 is 19.0 Å². The number of esters is 1. The summed E-state index contributed by atoms with van der Waals surface area (Å²) in [6.45, 7) is 1.03. The van der Waals surface area contributed by atoms with E-state index in [-0.39, 0.29) is 12.2 Å². The van der Waals surface area contributed by atoms with Crippen molar-refractivity contribution in [1.29, 1.82) is 0 Å². The third-order valence-electron chi connectivity index (χ3n) is 5.04. The first-order valence-corrected chi connectivity index (χ1v) is 10.2. The van der Waals surface area contributed by atoms with Gasteiger partial charge in [0, 0.05) is 37.5 Å². The molecule has 0 unspecified atom stereocenters. The first-order valence-electron chi connectivity index (χ1n) is 10.2. The normalized spacial score (nSPS) is 13.0. The lowest BCUT2D eigenvalue weighted by molar-refractivity contribution is 0.0468. The average molecular weight is 432 g/mol. The lowest BCUT2D eigenvalue weighted by Crippen LogP contribution is -2.16. The van der Waals surface area contributed by atoms with E-state index in [1.807, 2.05) is 18.2 Å². The maximum absolute atomic E-state index is 12.9. The van der Waals surface area contributed by atoms with Crippen LogP contribution in [0, 0.1) is 0 Å². The van der Waals surface area contributed by atoms with Crippen molar-refractivity contribution in [3.05, 3.63) is 76.5 Å². The molecule has 3 aromatic heterocycles. The van der Waals surface area contributed by atoms with Gasteiger partial charge in [0.1, 0.15) is 23.5 Å². The van der Waals surface area contributed by atoms with Crippen LogP contribution in [0.25, 0.3) is 16.9 Å². The van der Waals surface area contributed by atoms with Gasteiger partial charge in [-0.15, -0.1) is 0 Å². The molecular formula is C23H20N4O5. The van der Waals surface area contributed by atoms with E-state index in [1.165, 1.54) is 10.5 Å². The van der Waals surface area contributed by atoms with E-state index >= 15 is 0 Å². The van der Waals surface area contributed by atoms with Gasteiger partial charge < -0.3 is 14.2 Å². The Balaban J connectivity index is 1.40. The van der Waals surface area contributed by atoms with Crippen molar-refractivity contribution in [3.63, 3.8) is 0 Å². The van der Waals surface area contributed by atoms with Crippen molar-refractivity contribution in [2.45, 2.75) is 13.0 Å². The molecule has 4 heterocycles.